The fraction of sp³-hybridized carbons (Fsp3) is 0.316. The molecular formula is C19H23N3O. The molecule has 1 heterocycles. The molecule has 0 aliphatic carbocycles. The predicted molar refractivity (Wildman–Crippen MR) is 93.2 cm³/mol. The predicted octanol–water partition coefficient (Wildman–Crippen LogP) is 3.92. The van der Waals surface area contributed by atoms with Crippen molar-refractivity contribution in [1.82, 2.24) is 10.4 Å². The number of aromatic nitrogens is 1. The van der Waals surface area contributed by atoms with Crippen LogP contribution in [0.25, 0.3) is 0 Å². The smallest absolute Gasteiger partial charge is 0.240 e. The van der Waals surface area contributed by atoms with Crippen molar-refractivity contribution in [1.29, 1.82) is 0 Å². The van der Waals surface area contributed by atoms with Crippen LogP contribution in [-0.4, -0.2) is 16.6 Å². The number of hydrazone groups is 1. The number of rotatable bonds is 8. The molecule has 1 N–H and O–H groups in total. The molecule has 0 atom stereocenters. The van der Waals surface area contributed by atoms with Gasteiger partial charge in [-0.05, 0) is 18.6 Å². The van der Waals surface area contributed by atoms with Gasteiger partial charge in [0.2, 0.25) is 5.91 Å². The van der Waals surface area contributed by atoms with Crippen LogP contribution in [0.1, 0.15) is 50.2 Å². The Hall–Kier alpha value is -2.49. The minimum atomic E-state index is -0.0383. The maximum atomic E-state index is 11.9. The minimum absolute atomic E-state index is 0.0383. The van der Waals surface area contributed by atoms with E-state index in [1.807, 2.05) is 42.5 Å². The molecule has 0 fully saturated rings. The summed E-state index contributed by atoms with van der Waals surface area (Å²) in [6.45, 7) is 2.16. The van der Waals surface area contributed by atoms with E-state index >= 15 is 0 Å². The lowest BCUT2D eigenvalue weighted by Crippen LogP contribution is -2.20. The zero-order chi connectivity index (χ0) is 16.3. The van der Waals surface area contributed by atoms with Gasteiger partial charge in [-0.3, -0.25) is 9.78 Å². The largest absolute Gasteiger partial charge is 0.273 e. The first-order chi connectivity index (χ1) is 11.3. The van der Waals surface area contributed by atoms with Gasteiger partial charge in [0.15, 0.2) is 0 Å². The fourth-order valence-corrected chi connectivity index (χ4v) is 2.29. The fourth-order valence-electron chi connectivity index (χ4n) is 2.29. The van der Waals surface area contributed by atoms with Gasteiger partial charge >= 0.3 is 0 Å². The van der Waals surface area contributed by atoms with Gasteiger partial charge < -0.3 is 0 Å². The van der Waals surface area contributed by atoms with E-state index in [9.17, 15) is 4.79 Å². The summed E-state index contributed by atoms with van der Waals surface area (Å²) in [4.78, 5) is 16.0. The average Bonchev–Trinajstić information content (AvgIpc) is 2.61. The summed E-state index contributed by atoms with van der Waals surface area (Å²) in [6.07, 6.45) is 8.29. The van der Waals surface area contributed by atoms with E-state index in [0.717, 1.165) is 29.7 Å². The number of nitrogens with zero attached hydrogens (tertiary/aromatic N) is 2. The third-order valence-electron chi connectivity index (χ3n) is 3.55. The molecule has 2 aromatic rings. The third kappa shape index (κ3) is 5.66. The Kier molecular flexibility index (Phi) is 6.98. The molecule has 0 aliphatic rings. The van der Waals surface area contributed by atoms with Crippen LogP contribution in [0.2, 0.25) is 0 Å². The molecule has 1 aromatic carbocycles. The highest BCUT2D eigenvalue weighted by molar-refractivity contribution is 6.13. The molecule has 0 aliphatic heterocycles. The molecule has 0 radical (unpaired) electrons. The quantitative estimate of drug-likeness (QED) is 0.456. The molecule has 0 bridgehead atoms. The zero-order valence-corrected chi connectivity index (χ0v) is 13.5. The van der Waals surface area contributed by atoms with Crippen LogP contribution in [0, 0.1) is 0 Å². The van der Waals surface area contributed by atoms with Gasteiger partial charge in [-0.25, -0.2) is 5.43 Å². The summed E-state index contributed by atoms with van der Waals surface area (Å²) >= 11 is 0. The third-order valence-corrected chi connectivity index (χ3v) is 3.55. The van der Waals surface area contributed by atoms with Crippen LogP contribution < -0.4 is 5.43 Å². The number of nitrogens with one attached hydrogen (secondary N) is 1. The molecule has 4 nitrogen and oxygen atoms in total. The molecule has 0 saturated heterocycles. The second-order valence-electron chi connectivity index (χ2n) is 5.41. The van der Waals surface area contributed by atoms with E-state index in [4.69, 9.17) is 0 Å². The highest BCUT2D eigenvalue weighted by atomic mass is 16.2. The maximum Gasteiger partial charge on any atom is 0.240 e. The summed E-state index contributed by atoms with van der Waals surface area (Å²) in [7, 11) is 0. The molecule has 0 saturated carbocycles. The lowest BCUT2D eigenvalue weighted by Gasteiger charge is -2.07. The van der Waals surface area contributed by atoms with Crippen molar-refractivity contribution < 1.29 is 4.79 Å². The van der Waals surface area contributed by atoms with Gasteiger partial charge in [0.25, 0.3) is 0 Å². The van der Waals surface area contributed by atoms with Crippen molar-refractivity contribution in [3.8, 4) is 0 Å². The van der Waals surface area contributed by atoms with Crippen molar-refractivity contribution in [3.63, 3.8) is 0 Å². The zero-order valence-electron chi connectivity index (χ0n) is 13.5. The summed E-state index contributed by atoms with van der Waals surface area (Å²) in [5.74, 6) is -0.0383. The van der Waals surface area contributed by atoms with Gasteiger partial charge in [-0.15, -0.1) is 0 Å². The molecule has 2 rings (SSSR count). The van der Waals surface area contributed by atoms with Crippen LogP contribution >= 0.6 is 0 Å². The Morgan fingerprint density at radius 1 is 1.00 bits per heavy atom. The Morgan fingerprint density at radius 2 is 1.70 bits per heavy atom. The van der Waals surface area contributed by atoms with E-state index in [-0.39, 0.29) is 5.91 Å². The molecule has 0 unspecified atom stereocenters. The monoisotopic (exact) mass is 309 g/mol. The lowest BCUT2D eigenvalue weighted by molar-refractivity contribution is -0.121. The van der Waals surface area contributed by atoms with Gasteiger partial charge in [0.1, 0.15) is 0 Å². The molecular weight excluding hydrogens is 286 g/mol. The molecule has 23 heavy (non-hydrogen) atoms. The van der Waals surface area contributed by atoms with Crippen molar-refractivity contribution in [3.05, 3.63) is 66.0 Å². The van der Waals surface area contributed by atoms with Crippen molar-refractivity contribution >= 4 is 11.6 Å². The second-order valence-corrected chi connectivity index (χ2v) is 5.41. The highest BCUT2D eigenvalue weighted by Gasteiger charge is 2.08. The van der Waals surface area contributed by atoms with E-state index < -0.39 is 0 Å². The number of carbonyl (C=O) groups is 1. The number of hydrogen-bond donors (Lipinski definition) is 1. The van der Waals surface area contributed by atoms with E-state index in [2.05, 4.69) is 22.4 Å². The average molecular weight is 309 g/mol. The van der Waals surface area contributed by atoms with Gasteiger partial charge in [0.05, 0.1) is 5.71 Å². The normalized spacial score (nSPS) is 11.3. The van der Waals surface area contributed by atoms with Crippen LogP contribution in [0.4, 0.5) is 0 Å². The Bertz CT molecular complexity index is 582. The molecule has 1 amide bonds. The number of benzene rings is 1. The van der Waals surface area contributed by atoms with Crippen LogP contribution in [-0.2, 0) is 4.79 Å². The summed E-state index contributed by atoms with van der Waals surface area (Å²) in [5.41, 5.74) is 5.32. The molecule has 1 aromatic heterocycles. The lowest BCUT2D eigenvalue weighted by atomic mass is 10.0. The summed E-state index contributed by atoms with van der Waals surface area (Å²) < 4.78 is 0. The van der Waals surface area contributed by atoms with Crippen molar-refractivity contribution in [2.45, 2.75) is 39.0 Å². The van der Waals surface area contributed by atoms with E-state index in [0.29, 0.717) is 6.42 Å². The number of hydrogen-bond acceptors (Lipinski definition) is 3. The SMILES string of the molecule is CCCCCCC(=O)N/N=C(\c1ccccc1)c1ccncc1. The second kappa shape index (κ2) is 9.51. The minimum Gasteiger partial charge on any atom is -0.273 e. The van der Waals surface area contributed by atoms with E-state index in [1.54, 1.807) is 12.4 Å². The van der Waals surface area contributed by atoms with Crippen molar-refractivity contribution in [2.75, 3.05) is 0 Å². The first-order valence-corrected chi connectivity index (χ1v) is 8.13. The highest BCUT2D eigenvalue weighted by Crippen LogP contribution is 2.10. The van der Waals surface area contributed by atoms with Gasteiger partial charge in [-0.1, -0.05) is 56.5 Å². The standard InChI is InChI=1S/C19H23N3O/c1-2-3-4-8-11-18(23)21-22-19(16-9-6-5-7-10-16)17-12-14-20-15-13-17/h5-7,9-10,12-15H,2-4,8,11H2,1H3,(H,21,23)/b22-19+. The molecule has 120 valence electrons. The summed E-state index contributed by atoms with van der Waals surface area (Å²) in [6, 6.07) is 13.6. The summed E-state index contributed by atoms with van der Waals surface area (Å²) in [5, 5.41) is 4.35. The molecule has 4 heteroatoms. The Balaban J connectivity index is 2.07. The van der Waals surface area contributed by atoms with Gasteiger partial charge in [0, 0.05) is 29.9 Å². The van der Waals surface area contributed by atoms with Gasteiger partial charge in [-0.2, -0.15) is 5.10 Å². The molecule has 0 spiro atoms. The van der Waals surface area contributed by atoms with Crippen molar-refractivity contribution in [2.24, 2.45) is 5.10 Å². The first-order valence-electron chi connectivity index (χ1n) is 8.13. The number of pyridine rings is 1. The maximum absolute atomic E-state index is 11.9. The topological polar surface area (TPSA) is 54.4 Å². The number of unbranched alkanes of at least 4 members (excludes halogenated alkanes) is 3. The number of carbonyl (C=O) groups excluding carboxylic acids is 1. The number of amides is 1. The Morgan fingerprint density at radius 3 is 2.39 bits per heavy atom. The van der Waals surface area contributed by atoms with Crippen LogP contribution in [0.15, 0.2) is 60.0 Å². The van der Waals surface area contributed by atoms with Crippen LogP contribution in [0.5, 0.6) is 0 Å². The first kappa shape index (κ1) is 16.9. The van der Waals surface area contributed by atoms with E-state index in [1.165, 1.54) is 12.8 Å². The Labute approximate surface area is 137 Å². The van der Waals surface area contributed by atoms with Crippen LogP contribution in [0.3, 0.4) is 0 Å².